The molecule has 0 saturated heterocycles. The van der Waals surface area contributed by atoms with Crippen LogP contribution >= 0.6 is 0 Å². The van der Waals surface area contributed by atoms with E-state index in [2.05, 4.69) is 5.32 Å². The van der Waals surface area contributed by atoms with Crippen LogP contribution in [0.3, 0.4) is 0 Å². The molecule has 0 aromatic carbocycles. The normalized spacial score (nSPS) is 18.3. The van der Waals surface area contributed by atoms with Crippen molar-refractivity contribution in [3.05, 3.63) is 0 Å². The summed E-state index contributed by atoms with van der Waals surface area (Å²) in [6, 6.07) is 0.233. The molecule has 1 aliphatic carbocycles. The van der Waals surface area contributed by atoms with Crippen molar-refractivity contribution in [2.24, 2.45) is 5.92 Å². The van der Waals surface area contributed by atoms with Crippen molar-refractivity contribution in [1.29, 1.82) is 0 Å². The third-order valence-electron chi connectivity index (χ3n) is 2.20. The highest BCUT2D eigenvalue weighted by molar-refractivity contribution is 5.70. The van der Waals surface area contributed by atoms with Crippen molar-refractivity contribution < 1.29 is 9.53 Å². The molecule has 1 rings (SSSR count). The Hall–Kier alpha value is -0.570. The smallest absolute Gasteiger partial charge is 0.307 e. The zero-order valence-electron chi connectivity index (χ0n) is 8.51. The van der Waals surface area contributed by atoms with E-state index in [-0.39, 0.29) is 12.0 Å². The standard InChI is InChI=1S/C10H19NO2/c1-3-11-8(2)6-10(12)13-7-9-4-5-9/h8-9,11H,3-7H2,1-2H3. The summed E-state index contributed by atoms with van der Waals surface area (Å²) in [5.74, 6) is 0.596. The van der Waals surface area contributed by atoms with E-state index in [1.807, 2.05) is 13.8 Å². The fraction of sp³-hybridized carbons (Fsp3) is 0.900. The van der Waals surface area contributed by atoms with Crippen molar-refractivity contribution in [2.75, 3.05) is 13.2 Å². The zero-order chi connectivity index (χ0) is 9.68. The molecule has 76 valence electrons. The summed E-state index contributed by atoms with van der Waals surface area (Å²) >= 11 is 0. The monoisotopic (exact) mass is 185 g/mol. The van der Waals surface area contributed by atoms with Gasteiger partial charge < -0.3 is 10.1 Å². The lowest BCUT2D eigenvalue weighted by molar-refractivity contribution is -0.144. The average molecular weight is 185 g/mol. The van der Waals surface area contributed by atoms with Gasteiger partial charge in [0.15, 0.2) is 0 Å². The topological polar surface area (TPSA) is 38.3 Å². The largest absolute Gasteiger partial charge is 0.465 e. The summed E-state index contributed by atoms with van der Waals surface area (Å²) in [5.41, 5.74) is 0. The van der Waals surface area contributed by atoms with Gasteiger partial charge in [0.2, 0.25) is 0 Å². The first-order chi connectivity index (χ1) is 6.22. The predicted molar refractivity (Wildman–Crippen MR) is 51.4 cm³/mol. The first-order valence-corrected chi connectivity index (χ1v) is 5.11. The molecule has 0 bridgehead atoms. The van der Waals surface area contributed by atoms with Gasteiger partial charge in [-0.25, -0.2) is 0 Å². The van der Waals surface area contributed by atoms with Gasteiger partial charge in [-0.1, -0.05) is 6.92 Å². The minimum Gasteiger partial charge on any atom is -0.465 e. The highest BCUT2D eigenvalue weighted by atomic mass is 16.5. The lowest BCUT2D eigenvalue weighted by Crippen LogP contribution is -2.29. The molecule has 1 atom stereocenters. The van der Waals surface area contributed by atoms with Crippen molar-refractivity contribution in [3.63, 3.8) is 0 Å². The third-order valence-corrected chi connectivity index (χ3v) is 2.20. The molecule has 13 heavy (non-hydrogen) atoms. The van der Waals surface area contributed by atoms with Crippen molar-refractivity contribution in [2.45, 2.75) is 39.2 Å². The molecular weight excluding hydrogens is 166 g/mol. The Balaban J connectivity index is 2.01. The molecule has 0 aromatic rings. The third kappa shape index (κ3) is 4.88. The van der Waals surface area contributed by atoms with Gasteiger partial charge in [0.05, 0.1) is 13.0 Å². The first-order valence-electron chi connectivity index (χ1n) is 5.11. The van der Waals surface area contributed by atoms with E-state index in [9.17, 15) is 4.79 Å². The van der Waals surface area contributed by atoms with Crippen LogP contribution in [-0.2, 0) is 9.53 Å². The van der Waals surface area contributed by atoms with Crippen molar-refractivity contribution in [1.82, 2.24) is 5.32 Å². The highest BCUT2D eigenvalue weighted by Crippen LogP contribution is 2.28. The molecule has 0 amide bonds. The molecule has 3 nitrogen and oxygen atoms in total. The summed E-state index contributed by atoms with van der Waals surface area (Å²) < 4.78 is 5.10. The number of carbonyl (C=O) groups is 1. The summed E-state index contributed by atoms with van der Waals surface area (Å²) in [4.78, 5) is 11.2. The van der Waals surface area contributed by atoms with Gasteiger partial charge in [-0.2, -0.15) is 0 Å². The number of rotatable bonds is 6. The fourth-order valence-electron chi connectivity index (χ4n) is 1.22. The van der Waals surface area contributed by atoms with Gasteiger partial charge in [0.1, 0.15) is 0 Å². The maximum Gasteiger partial charge on any atom is 0.307 e. The SMILES string of the molecule is CCNC(C)CC(=O)OCC1CC1. The van der Waals surface area contributed by atoms with Crippen LogP contribution in [0.15, 0.2) is 0 Å². The average Bonchev–Trinajstić information content (AvgIpc) is 2.84. The number of nitrogens with one attached hydrogen (secondary N) is 1. The van der Waals surface area contributed by atoms with E-state index in [1.165, 1.54) is 12.8 Å². The molecule has 0 aromatic heterocycles. The van der Waals surface area contributed by atoms with Gasteiger partial charge in [0.25, 0.3) is 0 Å². The van der Waals surface area contributed by atoms with Crippen molar-refractivity contribution >= 4 is 5.97 Å². The first kappa shape index (κ1) is 10.5. The van der Waals surface area contributed by atoms with E-state index >= 15 is 0 Å². The van der Waals surface area contributed by atoms with Gasteiger partial charge >= 0.3 is 5.97 Å². The highest BCUT2D eigenvalue weighted by Gasteiger charge is 2.23. The van der Waals surface area contributed by atoms with Crippen LogP contribution in [0.25, 0.3) is 0 Å². The molecule has 0 spiro atoms. The predicted octanol–water partition coefficient (Wildman–Crippen LogP) is 1.33. The molecule has 0 heterocycles. The second kappa shape index (κ2) is 5.22. The molecule has 0 radical (unpaired) electrons. The number of hydrogen-bond acceptors (Lipinski definition) is 3. The Bertz CT molecular complexity index is 166. The van der Waals surface area contributed by atoms with Crippen molar-refractivity contribution in [3.8, 4) is 0 Å². The minimum atomic E-state index is -0.0691. The second-order valence-corrected chi connectivity index (χ2v) is 3.79. The Morgan fingerprint density at radius 1 is 1.62 bits per heavy atom. The number of hydrogen-bond donors (Lipinski definition) is 1. The van der Waals surface area contributed by atoms with Crippen LogP contribution in [0.1, 0.15) is 33.1 Å². The molecule has 3 heteroatoms. The van der Waals surface area contributed by atoms with Crippen LogP contribution in [0.4, 0.5) is 0 Å². The number of ether oxygens (including phenoxy) is 1. The van der Waals surface area contributed by atoms with Crippen LogP contribution < -0.4 is 5.32 Å². The second-order valence-electron chi connectivity index (χ2n) is 3.79. The Kier molecular flexibility index (Phi) is 4.22. The van der Waals surface area contributed by atoms with Crippen LogP contribution in [0.2, 0.25) is 0 Å². The molecular formula is C10H19NO2. The van der Waals surface area contributed by atoms with Gasteiger partial charge in [-0.05, 0) is 32.2 Å². The lowest BCUT2D eigenvalue weighted by atomic mass is 10.2. The number of carbonyl (C=O) groups excluding carboxylic acids is 1. The van der Waals surface area contributed by atoms with Crippen LogP contribution in [-0.4, -0.2) is 25.2 Å². The fourth-order valence-corrected chi connectivity index (χ4v) is 1.22. The Morgan fingerprint density at radius 3 is 2.85 bits per heavy atom. The summed E-state index contributed by atoms with van der Waals surface area (Å²) in [5, 5.41) is 3.18. The summed E-state index contributed by atoms with van der Waals surface area (Å²) in [7, 11) is 0. The summed E-state index contributed by atoms with van der Waals surface area (Å²) in [6.45, 7) is 5.57. The van der Waals surface area contributed by atoms with E-state index in [0.717, 1.165) is 6.54 Å². The molecule has 1 N–H and O–H groups in total. The van der Waals surface area contributed by atoms with E-state index < -0.39 is 0 Å². The van der Waals surface area contributed by atoms with Crippen LogP contribution in [0.5, 0.6) is 0 Å². The molecule has 1 fully saturated rings. The molecule has 0 aliphatic heterocycles. The Labute approximate surface area is 79.8 Å². The van der Waals surface area contributed by atoms with Gasteiger partial charge in [0, 0.05) is 6.04 Å². The Morgan fingerprint density at radius 2 is 2.31 bits per heavy atom. The lowest BCUT2D eigenvalue weighted by Gasteiger charge is -2.11. The van der Waals surface area contributed by atoms with Gasteiger partial charge in [-0.3, -0.25) is 4.79 Å². The van der Waals surface area contributed by atoms with E-state index in [4.69, 9.17) is 4.74 Å². The van der Waals surface area contributed by atoms with E-state index in [0.29, 0.717) is 18.9 Å². The maximum absolute atomic E-state index is 11.2. The zero-order valence-corrected chi connectivity index (χ0v) is 8.51. The quantitative estimate of drug-likeness (QED) is 0.634. The maximum atomic E-state index is 11.2. The minimum absolute atomic E-state index is 0.0691. The summed E-state index contributed by atoms with van der Waals surface area (Å²) in [6.07, 6.45) is 2.95. The molecule has 1 aliphatic rings. The van der Waals surface area contributed by atoms with E-state index in [1.54, 1.807) is 0 Å². The van der Waals surface area contributed by atoms with Crippen LogP contribution in [0, 0.1) is 5.92 Å². The molecule has 1 saturated carbocycles. The molecule has 1 unspecified atom stereocenters. The van der Waals surface area contributed by atoms with Gasteiger partial charge in [-0.15, -0.1) is 0 Å². The number of esters is 1.